The number of rotatable bonds is 11. The van der Waals surface area contributed by atoms with Crippen LogP contribution >= 0.6 is 34.8 Å². The highest BCUT2D eigenvalue weighted by molar-refractivity contribution is 7.92. The number of nitrogens with zero attached hydrogens (tertiary/aromatic N) is 2. The molecule has 1 N–H and O–H groups in total. The van der Waals surface area contributed by atoms with Crippen molar-refractivity contribution < 1.29 is 22.7 Å². The Morgan fingerprint density at radius 2 is 1.54 bits per heavy atom. The number of hydrogen-bond donors (Lipinski definition) is 1. The third-order valence-corrected chi connectivity index (χ3v) is 8.81. The Kier molecular flexibility index (Phi) is 10.5. The summed E-state index contributed by atoms with van der Waals surface area (Å²) >= 11 is 18.8. The quantitative estimate of drug-likeness (QED) is 0.313. The molecule has 0 aliphatic carbocycles. The smallest absolute Gasteiger partial charge is 0.264 e. The van der Waals surface area contributed by atoms with Gasteiger partial charge in [0.2, 0.25) is 11.8 Å². The summed E-state index contributed by atoms with van der Waals surface area (Å²) in [6.45, 7) is 1.03. The van der Waals surface area contributed by atoms with E-state index in [1.165, 1.54) is 67.6 Å². The summed E-state index contributed by atoms with van der Waals surface area (Å²) in [7, 11) is -1.30. The number of anilines is 1. The standard InChI is InChI=1S/C27H28Cl3N3O5S/c1-4-25(27(35)31-2)32(16-22-23(29)6-5-7-24(22)30)26(34)17-33(19-10-8-18(28)9-11-19)39(36,37)21-14-12-20(38-3)13-15-21/h5-15,25H,4,16-17H2,1-3H3,(H,31,35)/t25-/m1/s1. The minimum Gasteiger partial charge on any atom is -0.497 e. The molecule has 0 aliphatic rings. The van der Waals surface area contributed by atoms with Crippen LogP contribution in [0.4, 0.5) is 5.69 Å². The van der Waals surface area contributed by atoms with E-state index in [0.29, 0.717) is 26.4 Å². The molecule has 3 aromatic carbocycles. The largest absolute Gasteiger partial charge is 0.497 e. The van der Waals surface area contributed by atoms with Crippen LogP contribution in [0, 0.1) is 0 Å². The lowest BCUT2D eigenvalue weighted by Crippen LogP contribution is -2.51. The molecule has 208 valence electrons. The fourth-order valence-corrected chi connectivity index (χ4v) is 6.01. The predicted molar refractivity (Wildman–Crippen MR) is 154 cm³/mol. The Morgan fingerprint density at radius 1 is 0.949 bits per heavy atom. The summed E-state index contributed by atoms with van der Waals surface area (Å²) in [5, 5.41) is 3.59. The van der Waals surface area contributed by atoms with Crippen LogP contribution in [0.5, 0.6) is 5.75 Å². The van der Waals surface area contributed by atoms with Gasteiger partial charge in [0.25, 0.3) is 10.0 Å². The van der Waals surface area contributed by atoms with Gasteiger partial charge in [0.05, 0.1) is 17.7 Å². The maximum atomic E-state index is 13.9. The van der Waals surface area contributed by atoms with Crippen LogP contribution in [-0.2, 0) is 26.2 Å². The van der Waals surface area contributed by atoms with Crippen molar-refractivity contribution in [3.05, 3.63) is 87.4 Å². The van der Waals surface area contributed by atoms with Gasteiger partial charge >= 0.3 is 0 Å². The summed E-state index contributed by atoms with van der Waals surface area (Å²) in [5.41, 5.74) is 0.653. The van der Waals surface area contributed by atoms with E-state index in [0.717, 1.165) is 4.31 Å². The maximum absolute atomic E-state index is 13.9. The van der Waals surface area contributed by atoms with Crippen molar-refractivity contribution in [1.29, 1.82) is 0 Å². The molecule has 8 nitrogen and oxygen atoms in total. The van der Waals surface area contributed by atoms with Crippen molar-refractivity contribution in [3.63, 3.8) is 0 Å². The Hall–Kier alpha value is -2.98. The number of amides is 2. The molecule has 39 heavy (non-hydrogen) atoms. The molecular formula is C27H28Cl3N3O5S. The van der Waals surface area contributed by atoms with Crippen molar-refractivity contribution in [3.8, 4) is 5.75 Å². The molecule has 0 unspecified atom stereocenters. The first-order valence-corrected chi connectivity index (χ1v) is 14.5. The SMILES string of the molecule is CC[C@H](C(=O)NC)N(Cc1c(Cl)cccc1Cl)C(=O)CN(c1ccc(Cl)cc1)S(=O)(=O)c1ccc(OC)cc1. The van der Waals surface area contributed by atoms with Gasteiger partial charge in [-0.15, -0.1) is 0 Å². The monoisotopic (exact) mass is 611 g/mol. The van der Waals surface area contributed by atoms with Gasteiger partial charge in [-0.1, -0.05) is 47.8 Å². The highest BCUT2D eigenvalue weighted by atomic mass is 35.5. The molecule has 2 amide bonds. The number of benzene rings is 3. The molecule has 0 radical (unpaired) electrons. The summed E-state index contributed by atoms with van der Waals surface area (Å²) in [6, 6.07) is 15.9. The van der Waals surface area contributed by atoms with E-state index in [2.05, 4.69) is 5.32 Å². The number of carbonyl (C=O) groups excluding carboxylic acids is 2. The highest BCUT2D eigenvalue weighted by Gasteiger charge is 2.34. The minimum absolute atomic E-state index is 0.0508. The first-order valence-electron chi connectivity index (χ1n) is 11.9. The second kappa shape index (κ2) is 13.4. The Bertz CT molecular complexity index is 1400. The van der Waals surface area contributed by atoms with Gasteiger partial charge in [-0.05, 0) is 67.1 Å². The van der Waals surface area contributed by atoms with Crippen LogP contribution in [0.1, 0.15) is 18.9 Å². The second-order valence-corrected chi connectivity index (χ2v) is 11.5. The van der Waals surface area contributed by atoms with E-state index in [4.69, 9.17) is 39.5 Å². The molecule has 0 saturated carbocycles. The van der Waals surface area contributed by atoms with Crippen molar-refractivity contribution >= 4 is 62.3 Å². The number of halogens is 3. The number of hydrogen-bond acceptors (Lipinski definition) is 5. The van der Waals surface area contributed by atoms with Gasteiger partial charge in [-0.3, -0.25) is 13.9 Å². The van der Waals surface area contributed by atoms with E-state index in [1.807, 2.05) is 0 Å². The molecule has 0 spiro atoms. The zero-order valence-electron chi connectivity index (χ0n) is 21.5. The average molecular weight is 613 g/mol. The van der Waals surface area contributed by atoms with E-state index in [9.17, 15) is 18.0 Å². The number of nitrogens with one attached hydrogen (secondary N) is 1. The number of sulfonamides is 1. The van der Waals surface area contributed by atoms with Crippen LogP contribution in [0.3, 0.4) is 0 Å². The first-order chi connectivity index (χ1) is 18.5. The molecule has 12 heteroatoms. The topological polar surface area (TPSA) is 96.0 Å². The lowest BCUT2D eigenvalue weighted by Gasteiger charge is -2.33. The third kappa shape index (κ3) is 7.16. The molecule has 0 fully saturated rings. The van der Waals surface area contributed by atoms with Crippen LogP contribution in [0.2, 0.25) is 15.1 Å². The lowest BCUT2D eigenvalue weighted by atomic mass is 10.1. The highest BCUT2D eigenvalue weighted by Crippen LogP contribution is 2.29. The van der Waals surface area contributed by atoms with Crippen LogP contribution in [-0.4, -0.2) is 51.9 Å². The molecule has 0 aromatic heterocycles. The average Bonchev–Trinajstić information content (AvgIpc) is 2.93. The van der Waals surface area contributed by atoms with Gasteiger partial charge in [0, 0.05) is 34.2 Å². The summed E-state index contributed by atoms with van der Waals surface area (Å²) in [6.07, 6.45) is 0.264. The minimum atomic E-state index is -4.23. The van der Waals surface area contributed by atoms with Crippen LogP contribution in [0.25, 0.3) is 0 Å². The lowest BCUT2D eigenvalue weighted by molar-refractivity contribution is -0.140. The summed E-state index contributed by atoms with van der Waals surface area (Å²) in [5.74, 6) is -0.569. The normalized spacial score (nSPS) is 11.9. The van der Waals surface area contributed by atoms with E-state index in [1.54, 1.807) is 25.1 Å². The molecule has 3 rings (SSSR count). The molecule has 0 aliphatic heterocycles. The Labute approximate surface area is 243 Å². The van der Waals surface area contributed by atoms with Gasteiger partial charge in [-0.2, -0.15) is 0 Å². The van der Waals surface area contributed by atoms with E-state index >= 15 is 0 Å². The number of ether oxygens (including phenoxy) is 1. The van der Waals surface area contributed by atoms with E-state index < -0.39 is 34.4 Å². The zero-order chi connectivity index (χ0) is 28.7. The Morgan fingerprint density at radius 3 is 2.05 bits per heavy atom. The van der Waals surface area contributed by atoms with Crippen molar-refractivity contribution in [2.45, 2.75) is 30.8 Å². The first kappa shape index (κ1) is 30.6. The number of methoxy groups -OCH3 is 1. The van der Waals surface area contributed by atoms with Crippen molar-refractivity contribution in [2.75, 3.05) is 25.0 Å². The second-order valence-electron chi connectivity index (χ2n) is 8.42. The van der Waals surface area contributed by atoms with Gasteiger partial charge in [-0.25, -0.2) is 8.42 Å². The third-order valence-electron chi connectivity index (χ3n) is 6.06. The van der Waals surface area contributed by atoms with Gasteiger partial charge in [0.15, 0.2) is 0 Å². The summed E-state index contributed by atoms with van der Waals surface area (Å²) < 4.78 is 33.8. The summed E-state index contributed by atoms with van der Waals surface area (Å²) in [4.78, 5) is 28.0. The van der Waals surface area contributed by atoms with E-state index in [-0.39, 0.29) is 23.5 Å². The number of likely N-dealkylation sites (N-methyl/N-ethyl adjacent to an activating group) is 1. The van der Waals surface area contributed by atoms with Crippen LogP contribution < -0.4 is 14.4 Å². The number of carbonyl (C=O) groups is 2. The maximum Gasteiger partial charge on any atom is 0.264 e. The van der Waals surface area contributed by atoms with Crippen molar-refractivity contribution in [1.82, 2.24) is 10.2 Å². The zero-order valence-corrected chi connectivity index (χ0v) is 24.6. The molecule has 0 heterocycles. The molecule has 1 atom stereocenters. The van der Waals surface area contributed by atoms with Gasteiger partial charge in [0.1, 0.15) is 18.3 Å². The molecule has 0 saturated heterocycles. The van der Waals surface area contributed by atoms with Crippen molar-refractivity contribution in [2.24, 2.45) is 0 Å². The molecular weight excluding hydrogens is 585 g/mol. The predicted octanol–water partition coefficient (Wildman–Crippen LogP) is 5.40. The Balaban J connectivity index is 2.09. The fourth-order valence-electron chi connectivity index (χ4n) is 3.95. The molecule has 0 bridgehead atoms. The fraction of sp³-hybridized carbons (Fsp3) is 0.259. The van der Waals surface area contributed by atoms with Gasteiger partial charge < -0.3 is 15.0 Å². The van der Waals surface area contributed by atoms with Crippen LogP contribution in [0.15, 0.2) is 71.6 Å². The molecule has 3 aromatic rings.